The Labute approximate surface area is 79.4 Å². The number of fused-ring (bicyclic) bond motifs is 1. The molecule has 2 atom stereocenters. The Hall–Kier alpha value is -1.56. The molecule has 2 N–H and O–H groups in total. The lowest BCUT2D eigenvalue weighted by molar-refractivity contribution is -0.163. The van der Waals surface area contributed by atoms with Gasteiger partial charge in [-0.2, -0.15) is 0 Å². The van der Waals surface area contributed by atoms with E-state index in [0.717, 1.165) is 0 Å². The van der Waals surface area contributed by atoms with Crippen LogP contribution in [0, 0.1) is 0 Å². The topological polar surface area (TPSA) is 87.1 Å². The second-order valence-electron chi connectivity index (χ2n) is 3.11. The van der Waals surface area contributed by atoms with E-state index in [0.29, 0.717) is 0 Å². The molecule has 2 aliphatic heterocycles. The molecule has 2 aliphatic rings. The van der Waals surface area contributed by atoms with Gasteiger partial charge in [0.15, 0.2) is 12.3 Å². The molecule has 0 aromatic carbocycles. The second-order valence-corrected chi connectivity index (χ2v) is 3.11. The summed E-state index contributed by atoms with van der Waals surface area (Å²) in [6.07, 6.45) is 1.03. The summed E-state index contributed by atoms with van der Waals surface area (Å²) in [5, 5.41) is 17.5. The van der Waals surface area contributed by atoms with Crippen molar-refractivity contribution in [3.63, 3.8) is 0 Å². The van der Waals surface area contributed by atoms with E-state index in [-0.39, 0.29) is 24.7 Å². The van der Waals surface area contributed by atoms with Crippen LogP contribution in [0.5, 0.6) is 0 Å². The molecule has 6 nitrogen and oxygen atoms in total. The van der Waals surface area contributed by atoms with Crippen LogP contribution >= 0.6 is 0 Å². The SMILES string of the molecule is O=C(O)[C@@H]1/C(=C/CO)O[C@H]2CC(=O)N21. The summed E-state index contributed by atoms with van der Waals surface area (Å²) < 4.78 is 5.17. The minimum Gasteiger partial charge on any atom is -0.479 e. The lowest BCUT2D eigenvalue weighted by Crippen LogP contribution is -2.54. The smallest absolute Gasteiger partial charge is 0.334 e. The number of nitrogens with zero attached hydrogens (tertiary/aromatic N) is 1. The highest BCUT2D eigenvalue weighted by Crippen LogP contribution is 2.36. The molecular weight excluding hydrogens is 190 g/mol. The molecule has 6 heteroatoms. The molecular formula is C8H9NO5. The van der Waals surface area contributed by atoms with Crippen LogP contribution in [-0.4, -0.2) is 45.9 Å². The molecule has 0 radical (unpaired) electrons. The molecule has 0 saturated carbocycles. The van der Waals surface area contributed by atoms with Gasteiger partial charge < -0.3 is 14.9 Å². The van der Waals surface area contributed by atoms with E-state index in [2.05, 4.69) is 0 Å². The third-order valence-corrected chi connectivity index (χ3v) is 2.29. The average Bonchev–Trinajstić information content (AvgIpc) is 2.39. The van der Waals surface area contributed by atoms with Crippen LogP contribution in [0.3, 0.4) is 0 Å². The van der Waals surface area contributed by atoms with Crippen LogP contribution in [0.15, 0.2) is 11.8 Å². The first-order valence-electron chi connectivity index (χ1n) is 4.16. The van der Waals surface area contributed by atoms with Crippen LogP contribution in [-0.2, 0) is 14.3 Å². The van der Waals surface area contributed by atoms with Crippen molar-refractivity contribution in [1.82, 2.24) is 4.90 Å². The Kier molecular flexibility index (Phi) is 1.92. The first-order chi connectivity index (χ1) is 6.65. The number of aliphatic hydroxyl groups is 1. The Morgan fingerprint density at radius 3 is 2.93 bits per heavy atom. The summed E-state index contributed by atoms with van der Waals surface area (Å²) >= 11 is 0. The Morgan fingerprint density at radius 2 is 2.43 bits per heavy atom. The maximum Gasteiger partial charge on any atom is 0.334 e. The third kappa shape index (κ3) is 1.07. The number of amides is 1. The van der Waals surface area contributed by atoms with E-state index in [4.69, 9.17) is 14.9 Å². The number of aliphatic carboxylic acids is 1. The fraction of sp³-hybridized carbons (Fsp3) is 0.500. The van der Waals surface area contributed by atoms with Crippen LogP contribution < -0.4 is 0 Å². The number of carbonyl (C=O) groups excluding carboxylic acids is 1. The average molecular weight is 199 g/mol. The van der Waals surface area contributed by atoms with Gasteiger partial charge in [0.1, 0.15) is 5.76 Å². The molecule has 2 heterocycles. The van der Waals surface area contributed by atoms with Gasteiger partial charge in [-0.3, -0.25) is 9.69 Å². The zero-order valence-electron chi connectivity index (χ0n) is 7.21. The van der Waals surface area contributed by atoms with E-state index in [1.165, 1.54) is 11.0 Å². The second kappa shape index (κ2) is 2.98. The normalized spacial score (nSPS) is 32.5. The molecule has 76 valence electrons. The Balaban J connectivity index is 2.26. The van der Waals surface area contributed by atoms with Crippen molar-refractivity contribution in [3.05, 3.63) is 11.8 Å². The maximum atomic E-state index is 11.1. The highest BCUT2D eigenvalue weighted by Gasteiger charge is 2.53. The van der Waals surface area contributed by atoms with Crippen LogP contribution in [0.1, 0.15) is 6.42 Å². The van der Waals surface area contributed by atoms with Crippen molar-refractivity contribution < 1.29 is 24.5 Å². The maximum absolute atomic E-state index is 11.1. The summed E-state index contributed by atoms with van der Waals surface area (Å²) in [5.74, 6) is -1.22. The number of β-lactam (4-membered cyclic amide) rings is 1. The number of hydrogen-bond acceptors (Lipinski definition) is 4. The molecule has 14 heavy (non-hydrogen) atoms. The minimum atomic E-state index is -1.14. The number of carboxylic acids is 1. The molecule has 2 saturated heterocycles. The van der Waals surface area contributed by atoms with Crippen LogP contribution in [0.2, 0.25) is 0 Å². The summed E-state index contributed by atoms with van der Waals surface area (Å²) in [6.45, 7) is -0.298. The molecule has 2 fully saturated rings. The van der Waals surface area contributed by atoms with E-state index in [1.807, 2.05) is 0 Å². The van der Waals surface area contributed by atoms with Crippen LogP contribution in [0.25, 0.3) is 0 Å². The number of carboxylic acid groups (broad SMARTS) is 1. The predicted octanol–water partition coefficient (Wildman–Crippen LogP) is -1.10. The van der Waals surface area contributed by atoms with Gasteiger partial charge in [-0.05, 0) is 6.08 Å². The van der Waals surface area contributed by atoms with Gasteiger partial charge in [-0.1, -0.05) is 0 Å². The Morgan fingerprint density at radius 1 is 1.71 bits per heavy atom. The van der Waals surface area contributed by atoms with Gasteiger partial charge in [0, 0.05) is 0 Å². The van der Waals surface area contributed by atoms with E-state index >= 15 is 0 Å². The van der Waals surface area contributed by atoms with E-state index in [9.17, 15) is 9.59 Å². The third-order valence-electron chi connectivity index (χ3n) is 2.29. The van der Waals surface area contributed by atoms with Crippen molar-refractivity contribution >= 4 is 11.9 Å². The van der Waals surface area contributed by atoms with Crippen molar-refractivity contribution in [2.75, 3.05) is 6.61 Å². The zero-order chi connectivity index (χ0) is 10.3. The molecule has 0 aromatic heterocycles. The summed E-state index contributed by atoms with van der Waals surface area (Å²) in [4.78, 5) is 23.1. The molecule has 0 aromatic rings. The van der Waals surface area contributed by atoms with Gasteiger partial charge in [0.05, 0.1) is 13.0 Å². The standard InChI is InChI=1S/C8H9NO5/c10-2-1-4-7(8(12)13)9-5(11)3-6(9)14-4/h1,6-7,10H,2-3H2,(H,12,13)/b4-1-/t6-,7-/m0/s1. The number of rotatable bonds is 2. The highest BCUT2D eigenvalue weighted by molar-refractivity contribution is 5.91. The first-order valence-corrected chi connectivity index (χ1v) is 4.16. The van der Waals surface area contributed by atoms with Gasteiger partial charge in [0.2, 0.25) is 5.91 Å². The van der Waals surface area contributed by atoms with E-state index < -0.39 is 18.2 Å². The summed E-state index contributed by atoms with van der Waals surface area (Å²) in [7, 11) is 0. The van der Waals surface area contributed by atoms with Gasteiger partial charge in [-0.25, -0.2) is 4.79 Å². The minimum absolute atomic E-state index is 0.149. The predicted molar refractivity (Wildman–Crippen MR) is 42.9 cm³/mol. The Bertz CT molecular complexity index is 324. The lowest BCUT2D eigenvalue weighted by atomic mass is 10.1. The van der Waals surface area contributed by atoms with Gasteiger partial charge >= 0.3 is 5.97 Å². The molecule has 1 amide bonds. The largest absolute Gasteiger partial charge is 0.479 e. The van der Waals surface area contributed by atoms with Crippen molar-refractivity contribution in [1.29, 1.82) is 0 Å². The fourth-order valence-electron chi connectivity index (χ4n) is 1.66. The molecule has 0 spiro atoms. The number of aliphatic hydroxyl groups excluding tert-OH is 1. The van der Waals surface area contributed by atoms with E-state index in [1.54, 1.807) is 0 Å². The van der Waals surface area contributed by atoms with Crippen LogP contribution in [0.4, 0.5) is 0 Å². The summed E-state index contributed by atoms with van der Waals surface area (Å²) in [5.41, 5.74) is 0. The number of hydrogen-bond donors (Lipinski definition) is 2. The zero-order valence-corrected chi connectivity index (χ0v) is 7.21. The highest BCUT2D eigenvalue weighted by atomic mass is 16.5. The van der Waals surface area contributed by atoms with Crippen molar-refractivity contribution in [2.24, 2.45) is 0 Å². The monoisotopic (exact) mass is 199 g/mol. The molecule has 0 unspecified atom stereocenters. The first kappa shape index (κ1) is 9.01. The van der Waals surface area contributed by atoms with Crippen molar-refractivity contribution in [3.8, 4) is 0 Å². The molecule has 0 aliphatic carbocycles. The summed E-state index contributed by atoms with van der Waals surface area (Å²) in [6, 6.07) is -1.06. The molecule has 2 rings (SSSR count). The molecule has 0 bridgehead atoms. The fourth-order valence-corrected chi connectivity index (χ4v) is 1.66. The number of ether oxygens (including phenoxy) is 1. The van der Waals surface area contributed by atoms with Crippen molar-refractivity contribution in [2.45, 2.75) is 18.7 Å². The lowest BCUT2D eigenvalue weighted by Gasteiger charge is -2.33. The number of carbonyl (C=O) groups is 2. The van der Waals surface area contributed by atoms with Gasteiger partial charge in [-0.15, -0.1) is 0 Å². The quantitative estimate of drug-likeness (QED) is 0.551. The van der Waals surface area contributed by atoms with Gasteiger partial charge in [0.25, 0.3) is 0 Å².